The van der Waals surface area contributed by atoms with E-state index in [1.807, 2.05) is 24.3 Å². The van der Waals surface area contributed by atoms with Gasteiger partial charge in [0.2, 0.25) is 5.91 Å². The van der Waals surface area contributed by atoms with Gasteiger partial charge in [-0.1, -0.05) is 18.6 Å². The van der Waals surface area contributed by atoms with Crippen molar-refractivity contribution in [3.8, 4) is 5.75 Å². The summed E-state index contributed by atoms with van der Waals surface area (Å²) in [6.07, 6.45) is 4.12. The second-order valence-electron chi connectivity index (χ2n) is 4.89. The van der Waals surface area contributed by atoms with Gasteiger partial charge < -0.3 is 15.4 Å². The molecule has 0 unspecified atom stereocenters. The molecule has 1 heterocycles. The Morgan fingerprint density at radius 3 is 2.70 bits per heavy atom. The van der Waals surface area contributed by atoms with Crippen LogP contribution in [0.5, 0.6) is 5.75 Å². The average Bonchev–Trinajstić information content (AvgIpc) is 2.49. The number of carbonyl (C=O) groups excluding carboxylic acids is 1. The number of hydrogen-bond donors (Lipinski definition) is 2. The Morgan fingerprint density at radius 1 is 1.35 bits per heavy atom. The summed E-state index contributed by atoms with van der Waals surface area (Å²) in [5.74, 6) is 0.993. The third-order valence-electron chi connectivity index (χ3n) is 3.50. The molecular weight excluding hydrogens is 276 g/mol. The second kappa shape index (κ2) is 8.82. The molecule has 0 aliphatic carbocycles. The Morgan fingerprint density at radius 2 is 2.10 bits per heavy atom. The fourth-order valence-electron chi connectivity index (χ4n) is 2.32. The number of carbonyl (C=O) groups is 1. The van der Waals surface area contributed by atoms with Gasteiger partial charge in [-0.05, 0) is 43.5 Å². The molecule has 112 valence electrons. The van der Waals surface area contributed by atoms with Crippen molar-refractivity contribution in [3.63, 3.8) is 0 Å². The minimum Gasteiger partial charge on any atom is -0.497 e. The maximum absolute atomic E-state index is 11.9. The highest BCUT2D eigenvalue weighted by Gasteiger charge is 2.19. The zero-order chi connectivity index (χ0) is 13.5. The number of benzene rings is 1. The van der Waals surface area contributed by atoms with Crippen molar-refractivity contribution in [2.45, 2.75) is 31.7 Å². The quantitative estimate of drug-likeness (QED) is 0.873. The maximum atomic E-state index is 11.9. The number of amides is 1. The number of rotatable bonds is 5. The van der Waals surface area contributed by atoms with Crippen LogP contribution in [0.3, 0.4) is 0 Å². The SMILES string of the molecule is COc1ccc(CCNC(=O)[C@H]2CCCCN2)cc1.Cl. The van der Waals surface area contributed by atoms with Crippen molar-refractivity contribution in [2.75, 3.05) is 20.2 Å². The normalized spacial score (nSPS) is 17.9. The maximum Gasteiger partial charge on any atom is 0.237 e. The molecule has 1 aromatic carbocycles. The number of piperidine rings is 1. The van der Waals surface area contributed by atoms with Gasteiger partial charge in [-0.25, -0.2) is 0 Å². The van der Waals surface area contributed by atoms with Crippen LogP contribution in [-0.2, 0) is 11.2 Å². The molecule has 1 fully saturated rings. The standard InChI is InChI=1S/C15H22N2O2.ClH/c1-19-13-7-5-12(6-8-13)9-11-17-15(18)14-4-2-3-10-16-14;/h5-8,14,16H,2-4,9-11H2,1H3,(H,17,18);1H/t14-;/m1./s1. The van der Waals surface area contributed by atoms with Crippen LogP contribution >= 0.6 is 12.4 Å². The molecule has 2 rings (SSSR count). The van der Waals surface area contributed by atoms with Crippen LogP contribution in [0.4, 0.5) is 0 Å². The van der Waals surface area contributed by atoms with E-state index < -0.39 is 0 Å². The predicted octanol–water partition coefficient (Wildman–Crippen LogP) is 1.92. The van der Waals surface area contributed by atoms with Crippen molar-refractivity contribution in [1.29, 1.82) is 0 Å². The Labute approximate surface area is 126 Å². The van der Waals surface area contributed by atoms with Crippen molar-refractivity contribution < 1.29 is 9.53 Å². The highest BCUT2D eigenvalue weighted by atomic mass is 35.5. The number of halogens is 1. The summed E-state index contributed by atoms with van der Waals surface area (Å²) in [4.78, 5) is 11.9. The minimum atomic E-state index is 0. The monoisotopic (exact) mass is 298 g/mol. The molecule has 0 saturated carbocycles. The van der Waals surface area contributed by atoms with Crippen molar-refractivity contribution >= 4 is 18.3 Å². The molecule has 2 N–H and O–H groups in total. The molecular formula is C15H23ClN2O2. The van der Waals surface area contributed by atoms with Crippen LogP contribution in [0.2, 0.25) is 0 Å². The van der Waals surface area contributed by atoms with Gasteiger partial charge in [-0.2, -0.15) is 0 Å². The van der Waals surface area contributed by atoms with E-state index in [1.54, 1.807) is 7.11 Å². The van der Waals surface area contributed by atoms with Gasteiger partial charge in [0, 0.05) is 6.54 Å². The molecule has 1 aliphatic heterocycles. The molecule has 0 aromatic heterocycles. The van der Waals surface area contributed by atoms with E-state index >= 15 is 0 Å². The van der Waals surface area contributed by atoms with Crippen LogP contribution in [0.1, 0.15) is 24.8 Å². The number of nitrogens with one attached hydrogen (secondary N) is 2. The summed E-state index contributed by atoms with van der Waals surface area (Å²) in [5.41, 5.74) is 1.21. The van der Waals surface area contributed by atoms with E-state index in [2.05, 4.69) is 10.6 Å². The molecule has 1 aromatic rings. The summed E-state index contributed by atoms with van der Waals surface area (Å²) in [6, 6.07) is 7.96. The lowest BCUT2D eigenvalue weighted by Crippen LogP contribution is -2.47. The Hall–Kier alpha value is -1.26. The van der Waals surface area contributed by atoms with Crippen LogP contribution in [0, 0.1) is 0 Å². The smallest absolute Gasteiger partial charge is 0.237 e. The third-order valence-corrected chi connectivity index (χ3v) is 3.50. The fourth-order valence-corrected chi connectivity index (χ4v) is 2.32. The minimum absolute atomic E-state index is 0. The topological polar surface area (TPSA) is 50.4 Å². The number of hydrogen-bond acceptors (Lipinski definition) is 3. The van der Waals surface area contributed by atoms with E-state index in [1.165, 1.54) is 12.0 Å². The fraction of sp³-hybridized carbons (Fsp3) is 0.533. The summed E-state index contributed by atoms with van der Waals surface area (Å²) in [7, 11) is 1.66. The van der Waals surface area contributed by atoms with Crippen LogP contribution < -0.4 is 15.4 Å². The van der Waals surface area contributed by atoms with E-state index in [0.29, 0.717) is 6.54 Å². The van der Waals surface area contributed by atoms with Crippen LogP contribution in [-0.4, -0.2) is 32.1 Å². The Bertz CT molecular complexity index is 403. The third kappa shape index (κ3) is 5.02. The molecule has 20 heavy (non-hydrogen) atoms. The molecule has 1 atom stereocenters. The van der Waals surface area contributed by atoms with Crippen molar-refractivity contribution in [3.05, 3.63) is 29.8 Å². The summed E-state index contributed by atoms with van der Waals surface area (Å²) < 4.78 is 5.11. The molecule has 4 nitrogen and oxygen atoms in total. The average molecular weight is 299 g/mol. The summed E-state index contributed by atoms with van der Waals surface area (Å²) >= 11 is 0. The van der Waals surface area contributed by atoms with E-state index in [4.69, 9.17) is 4.74 Å². The molecule has 1 amide bonds. The zero-order valence-corrected chi connectivity index (χ0v) is 12.7. The van der Waals surface area contributed by atoms with Gasteiger partial charge in [-0.15, -0.1) is 12.4 Å². The first-order valence-electron chi connectivity index (χ1n) is 6.93. The second-order valence-corrected chi connectivity index (χ2v) is 4.89. The van der Waals surface area contributed by atoms with Gasteiger partial charge in [0.15, 0.2) is 0 Å². The molecule has 0 bridgehead atoms. The largest absolute Gasteiger partial charge is 0.497 e. The lowest BCUT2D eigenvalue weighted by Gasteiger charge is -2.22. The molecule has 5 heteroatoms. The molecule has 0 spiro atoms. The molecule has 1 saturated heterocycles. The predicted molar refractivity (Wildman–Crippen MR) is 82.6 cm³/mol. The van der Waals surface area contributed by atoms with Gasteiger partial charge in [-0.3, -0.25) is 4.79 Å². The zero-order valence-electron chi connectivity index (χ0n) is 11.9. The molecule has 1 aliphatic rings. The highest BCUT2D eigenvalue weighted by Crippen LogP contribution is 2.11. The van der Waals surface area contributed by atoms with Gasteiger partial charge in [0.1, 0.15) is 5.75 Å². The van der Waals surface area contributed by atoms with Gasteiger partial charge in [0.25, 0.3) is 0 Å². The van der Waals surface area contributed by atoms with Gasteiger partial charge >= 0.3 is 0 Å². The number of methoxy groups -OCH3 is 1. The van der Waals surface area contributed by atoms with Crippen molar-refractivity contribution in [1.82, 2.24) is 10.6 Å². The first kappa shape index (κ1) is 16.8. The first-order valence-corrected chi connectivity index (χ1v) is 6.93. The summed E-state index contributed by atoms with van der Waals surface area (Å²) in [6.45, 7) is 1.64. The van der Waals surface area contributed by atoms with Gasteiger partial charge in [0.05, 0.1) is 13.2 Å². The first-order chi connectivity index (χ1) is 9.29. The van der Waals surface area contributed by atoms with Crippen molar-refractivity contribution in [2.24, 2.45) is 0 Å². The Balaban J connectivity index is 0.00000200. The Kier molecular flexibility index (Phi) is 7.41. The molecule has 0 radical (unpaired) electrons. The highest BCUT2D eigenvalue weighted by molar-refractivity contribution is 5.85. The van der Waals surface area contributed by atoms with E-state index in [9.17, 15) is 4.79 Å². The summed E-state index contributed by atoms with van der Waals surface area (Å²) in [5, 5.41) is 6.25. The van der Waals surface area contributed by atoms with E-state index in [0.717, 1.165) is 31.6 Å². The van der Waals surface area contributed by atoms with Crippen LogP contribution in [0.25, 0.3) is 0 Å². The lowest BCUT2D eigenvalue weighted by molar-refractivity contribution is -0.123. The van der Waals surface area contributed by atoms with Crippen LogP contribution in [0.15, 0.2) is 24.3 Å². The number of ether oxygens (including phenoxy) is 1. The lowest BCUT2D eigenvalue weighted by atomic mass is 10.0. The van der Waals surface area contributed by atoms with E-state index in [-0.39, 0.29) is 24.4 Å².